The molecular weight excluding hydrogens is 713 g/mol. The molecule has 0 heterocycles. The Morgan fingerprint density at radius 2 is 0.945 bits per heavy atom. The molecule has 0 rings (SSSR count). The Kier molecular flexibility index (Phi) is 38.3. The minimum atomic E-state index is -4.40. The van der Waals surface area contributed by atoms with Crippen LogP contribution in [-0.4, -0.2) is 49.3 Å². The van der Waals surface area contributed by atoms with Crippen LogP contribution in [0.3, 0.4) is 0 Å². The Balaban J connectivity index is 4.30. The lowest BCUT2D eigenvalue weighted by molar-refractivity contribution is -0.161. The van der Waals surface area contributed by atoms with E-state index in [9.17, 15) is 19.0 Å². The molecule has 0 aliphatic carbocycles. The lowest BCUT2D eigenvalue weighted by Crippen LogP contribution is -2.29. The van der Waals surface area contributed by atoms with Crippen LogP contribution < -0.4 is 5.73 Å². The summed E-state index contributed by atoms with van der Waals surface area (Å²) in [6.07, 6.45) is 51.5. The number of esters is 2. The number of unbranched alkanes of at least 4 members (excludes halogenated alkanes) is 8. The van der Waals surface area contributed by atoms with Gasteiger partial charge in [-0.25, -0.2) is 4.57 Å². The quantitative estimate of drug-likeness (QED) is 0.0273. The third-order valence-corrected chi connectivity index (χ3v) is 8.95. The molecule has 0 aliphatic rings. The first-order chi connectivity index (χ1) is 26.8. The molecule has 0 bridgehead atoms. The minimum Gasteiger partial charge on any atom is -0.462 e. The van der Waals surface area contributed by atoms with Crippen LogP contribution in [0.15, 0.2) is 97.2 Å². The third-order valence-electron chi connectivity index (χ3n) is 7.97. The van der Waals surface area contributed by atoms with Gasteiger partial charge in [-0.2, -0.15) is 0 Å². The van der Waals surface area contributed by atoms with Crippen molar-refractivity contribution in [3.8, 4) is 0 Å². The number of carbonyl (C=O) groups is 2. The largest absolute Gasteiger partial charge is 0.472 e. The maximum Gasteiger partial charge on any atom is 0.472 e. The van der Waals surface area contributed by atoms with Gasteiger partial charge >= 0.3 is 19.8 Å². The molecule has 0 saturated carbocycles. The van der Waals surface area contributed by atoms with Gasteiger partial charge in [0.15, 0.2) is 6.10 Å². The molecule has 0 amide bonds. The van der Waals surface area contributed by atoms with Gasteiger partial charge in [0, 0.05) is 19.4 Å². The Hall–Kier alpha value is -3.07. The lowest BCUT2D eigenvalue weighted by atomic mass is 10.1. The predicted molar refractivity (Wildman–Crippen MR) is 228 cm³/mol. The summed E-state index contributed by atoms with van der Waals surface area (Å²) in [6.45, 7) is 3.41. The molecule has 2 atom stereocenters. The zero-order valence-corrected chi connectivity index (χ0v) is 35.0. The van der Waals surface area contributed by atoms with Gasteiger partial charge in [-0.1, -0.05) is 137 Å². The molecule has 55 heavy (non-hydrogen) atoms. The van der Waals surface area contributed by atoms with Gasteiger partial charge in [0.1, 0.15) is 6.61 Å². The average Bonchev–Trinajstić information content (AvgIpc) is 3.17. The van der Waals surface area contributed by atoms with Crippen molar-refractivity contribution in [3.63, 3.8) is 0 Å². The number of hydrogen-bond donors (Lipinski definition) is 2. The number of phosphoric ester groups is 1. The molecule has 312 valence electrons. The molecule has 0 saturated heterocycles. The number of allylic oxidation sites excluding steroid dienone is 16. The van der Waals surface area contributed by atoms with Crippen molar-refractivity contribution in [2.24, 2.45) is 5.73 Å². The topological polar surface area (TPSA) is 134 Å². The van der Waals surface area contributed by atoms with Crippen LogP contribution in [0.5, 0.6) is 0 Å². The van der Waals surface area contributed by atoms with E-state index in [2.05, 4.69) is 111 Å². The number of nitrogens with two attached hydrogens (primary N) is 1. The van der Waals surface area contributed by atoms with Crippen molar-refractivity contribution >= 4 is 19.8 Å². The van der Waals surface area contributed by atoms with Crippen molar-refractivity contribution < 1.29 is 37.6 Å². The number of hydrogen-bond acceptors (Lipinski definition) is 8. The Morgan fingerprint density at radius 3 is 1.38 bits per heavy atom. The van der Waals surface area contributed by atoms with E-state index in [1.54, 1.807) is 0 Å². The molecule has 0 spiro atoms. The summed E-state index contributed by atoms with van der Waals surface area (Å²) in [6, 6.07) is 0. The van der Waals surface area contributed by atoms with Gasteiger partial charge in [0.25, 0.3) is 0 Å². The monoisotopic (exact) mass is 788 g/mol. The first-order valence-corrected chi connectivity index (χ1v) is 22.2. The van der Waals surface area contributed by atoms with Crippen LogP contribution in [-0.2, 0) is 32.7 Å². The minimum absolute atomic E-state index is 0.0395. The molecule has 2 unspecified atom stereocenters. The Morgan fingerprint density at radius 1 is 0.545 bits per heavy atom. The van der Waals surface area contributed by atoms with E-state index in [1.807, 2.05) is 0 Å². The number of ether oxygens (including phenoxy) is 2. The number of rotatable bonds is 37. The molecule has 3 N–H and O–H groups in total. The Bertz CT molecular complexity index is 1220. The number of phosphoric acid groups is 1. The molecule has 0 aromatic carbocycles. The highest BCUT2D eigenvalue weighted by molar-refractivity contribution is 7.47. The molecule has 0 aromatic heterocycles. The summed E-state index contributed by atoms with van der Waals surface area (Å²) < 4.78 is 32.7. The summed E-state index contributed by atoms with van der Waals surface area (Å²) in [5.74, 6) is -0.896. The van der Waals surface area contributed by atoms with Gasteiger partial charge in [-0.15, -0.1) is 0 Å². The summed E-state index contributed by atoms with van der Waals surface area (Å²) in [4.78, 5) is 34.8. The van der Waals surface area contributed by atoms with E-state index < -0.39 is 32.5 Å². The smallest absolute Gasteiger partial charge is 0.462 e. The van der Waals surface area contributed by atoms with Gasteiger partial charge in [0.2, 0.25) is 0 Å². The van der Waals surface area contributed by atoms with Crippen molar-refractivity contribution in [1.82, 2.24) is 0 Å². The zero-order valence-electron chi connectivity index (χ0n) is 34.1. The van der Waals surface area contributed by atoms with E-state index in [1.165, 1.54) is 0 Å². The second-order valence-electron chi connectivity index (χ2n) is 13.1. The van der Waals surface area contributed by atoms with Crippen LogP contribution in [0.4, 0.5) is 0 Å². The van der Waals surface area contributed by atoms with E-state index in [4.69, 9.17) is 24.3 Å². The van der Waals surface area contributed by atoms with E-state index >= 15 is 0 Å². The zero-order chi connectivity index (χ0) is 40.3. The average molecular weight is 788 g/mol. The van der Waals surface area contributed by atoms with Gasteiger partial charge < -0.3 is 20.1 Å². The molecule has 0 aromatic rings. The maximum absolute atomic E-state index is 12.6. The first kappa shape index (κ1) is 51.9. The normalized spacial score (nSPS) is 14.3. The standard InChI is InChI=1S/C45H74NO8P/c1-3-5-7-9-11-13-15-17-19-21-23-25-27-29-31-33-35-37-44(47)51-41-43(42-53-55(49,50)52-40-39-46)54-45(48)38-36-34-32-30-28-26-24-22-20-18-16-14-12-10-8-6-4-2/h5-8,11-14,17-20,23-26,43H,3-4,9-10,15-16,21-22,27-42,46H2,1-2H3,(H,49,50)/b7-5-,8-6-,13-11-,14-12-,19-17-,20-18-,25-23-,26-24-. The van der Waals surface area contributed by atoms with Crippen LogP contribution in [0.1, 0.15) is 142 Å². The highest BCUT2D eigenvalue weighted by Gasteiger charge is 2.25. The van der Waals surface area contributed by atoms with E-state index in [-0.39, 0.29) is 32.6 Å². The summed E-state index contributed by atoms with van der Waals surface area (Å²) in [5.41, 5.74) is 5.34. The van der Waals surface area contributed by atoms with Crippen LogP contribution in [0, 0.1) is 0 Å². The second kappa shape index (κ2) is 40.6. The van der Waals surface area contributed by atoms with Crippen molar-refractivity contribution in [2.45, 2.75) is 148 Å². The maximum atomic E-state index is 12.6. The molecule has 9 nitrogen and oxygen atoms in total. The SMILES string of the molecule is CC/C=C\C/C=C\C/C=C\C/C=C\CCCCCCC(=O)OCC(COP(=O)(O)OCCN)OC(=O)CCCCCC/C=C\C/C=C\C/C=C\C/C=C\CC. The fourth-order valence-electron chi connectivity index (χ4n) is 4.97. The second-order valence-corrected chi connectivity index (χ2v) is 14.5. The van der Waals surface area contributed by atoms with Gasteiger partial charge in [0.05, 0.1) is 13.2 Å². The molecule has 0 aliphatic heterocycles. The number of carbonyl (C=O) groups excluding carboxylic acids is 2. The van der Waals surface area contributed by atoms with Gasteiger partial charge in [-0.05, 0) is 89.9 Å². The summed E-state index contributed by atoms with van der Waals surface area (Å²) in [7, 11) is -4.40. The predicted octanol–water partition coefficient (Wildman–Crippen LogP) is 11.8. The lowest BCUT2D eigenvalue weighted by Gasteiger charge is -2.19. The van der Waals surface area contributed by atoms with Crippen molar-refractivity contribution in [2.75, 3.05) is 26.4 Å². The molecular formula is C45H74NO8P. The molecule has 0 radical (unpaired) electrons. The van der Waals surface area contributed by atoms with Crippen molar-refractivity contribution in [3.05, 3.63) is 97.2 Å². The summed E-state index contributed by atoms with van der Waals surface area (Å²) in [5, 5.41) is 0. The highest BCUT2D eigenvalue weighted by Crippen LogP contribution is 2.43. The van der Waals surface area contributed by atoms with Crippen LogP contribution >= 0.6 is 7.82 Å². The van der Waals surface area contributed by atoms with Crippen LogP contribution in [0.2, 0.25) is 0 Å². The fraction of sp³-hybridized carbons (Fsp3) is 0.600. The highest BCUT2D eigenvalue weighted by atomic mass is 31.2. The van der Waals surface area contributed by atoms with Crippen molar-refractivity contribution in [1.29, 1.82) is 0 Å². The van der Waals surface area contributed by atoms with Gasteiger partial charge in [-0.3, -0.25) is 18.6 Å². The van der Waals surface area contributed by atoms with E-state index in [0.717, 1.165) is 103 Å². The third kappa shape index (κ3) is 40.4. The Labute approximate surface area is 334 Å². The first-order valence-electron chi connectivity index (χ1n) is 20.7. The summed E-state index contributed by atoms with van der Waals surface area (Å²) >= 11 is 0. The molecule has 0 fully saturated rings. The fourth-order valence-corrected chi connectivity index (χ4v) is 5.73. The molecule has 10 heteroatoms. The van der Waals surface area contributed by atoms with E-state index in [0.29, 0.717) is 12.8 Å². The van der Waals surface area contributed by atoms with Crippen LogP contribution in [0.25, 0.3) is 0 Å².